The number of carbonyl (C=O) groups excluding carboxylic acids is 1. The fraction of sp³-hybridized carbons (Fsp3) is 0.143. The van der Waals surface area contributed by atoms with E-state index in [1.807, 2.05) is 42.5 Å². The Hall–Kier alpha value is -3.26. The van der Waals surface area contributed by atoms with Crippen LogP contribution in [0.1, 0.15) is 16.1 Å². The highest BCUT2D eigenvalue weighted by Gasteiger charge is 2.13. The van der Waals surface area contributed by atoms with Crippen LogP contribution in [0.25, 0.3) is 10.9 Å². The molecule has 8 heteroatoms. The molecular weight excluding hydrogens is 436 g/mol. The fourth-order valence-corrected chi connectivity index (χ4v) is 3.57. The number of para-hydroxylation sites is 1. The van der Waals surface area contributed by atoms with Gasteiger partial charge in [0.15, 0.2) is 11.5 Å². The van der Waals surface area contributed by atoms with Crippen molar-refractivity contribution in [3.63, 3.8) is 0 Å². The maximum atomic E-state index is 12.6. The first-order valence-corrected chi connectivity index (χ1v) is 9.68. The predicted octanol–water partition coefficient (Wildman–Crippen LogP) is 4.44. The summed E-state index contributed by atoms with van der Waals surface area (Å²) < 4.78 is 13.5. The van der Waals surface area contributed by atoms with Crippen LogP contribution in [0.5, 0.6) is 11.5 Å². The molecule has 0 aliphatic carbocycles. The first kappa shape index (κ1) is 19.1. The van der Waals surface area contributed by atoms with Gasteiger partial charge in [0.2, 0.25) is 0 Å². The van der Waals surface area contributed by atoms with Gasteiger partial charge in [-0.2, -0.15) is 5.10 Å². The molecule has 0 fully saturated rings. The summed E-state index contributed by atoms with van der Waals surface area (Å²) in [5, 5.41) is 8.17. The lowest BCUT2D eigenvalue weighted by atomic mass is 10.2. The summed E-state index contributed by atoms with van der Waals surface area (Å²) in [4.78, 5) is 15.7. The number of hydrogen-bond donors (Lipinski definition) is 2. The molecule has 0 bridgehead atoms. The fourth-order valence-electron chi connectivity index (χ4n) is 3.19. The summed E-state index contributed by atoms with van der Waals surface area (Å²) in [5.41, 5.74) is 2.92. The molecule has 0 saturated carbocycles. The third-order valence-corrected chi connectivity index (χ3v) is 5.03. The number of halogens is 1. The minimum Gasteiger partial charge on any atom is -0.493 e. The van der Waals surface area contributed by atoms with Crippen molar-refractivity contribution in [3.8, 4) is 11.5 Å². The zero-order valence-corrected chi connectivity index (χ0v) is 17.5. The van der Waals surface area contributed by atoms with E-state index in [-0.39, 0.29) is 5.91 Å². The van der Waals surface area contributed by atoms with Crippen LogP contribution in [-0.4, -0.2) is 34.9 Å². The Balaban J connectivity index is 1.50. The number of methoxy groups -OCH3 is 2. The van der Waals surface area contributed by atoms with E-state index in [0.29, 0.717) is 29.4 Å². The van der Waals surface area contributed by atoms with Crippen LogP contribution in [0.15, 0.2) is 59.3 Å². The molecule has 0 atom stereocenters. The Bertz CT molecular complexity index is 1180. The lowest BCUT2D eigenvalue weighted by Crippen LogP contribution is -2.11. The lowest BCUT2D eigenvalue weighted by Gasteiger charge is -2.12. The average molecular weight is 455 g/mol. The molecule has 148 valence electrons. The summed E-state index contributed by atoms with van der Waals surface area (Å²) in [6.07, 6.45) is 3.39. The minimum absolute atomic E-state index is 0.226. The van der Waals surface area contributed by atoms with Gasteiger partial charge < -0.3 is 19.8 Å². The molecule has 29 heavy (non-hydrogen) atoms. The molecule has 0 radical (unpaired) electrons. The van der Waals surface area contributed by atoms with Crippen LogP contribution < -0.4 is 14.8 Å². The smallest absolute Gasteiger partial charge is 0.272 e. The van der Waals surface area contributed by atoms with Crippen molar-refractivity contribution in [1.82, 2.24) is 14.8 Å². The molecule has 2 aromatic carbocycles. The second kappa shape index (κ2) is 8.00. The minimum atomic E-state index is -0.226. The summed E-state index contributed by atoms with van der Waals surface area (Å²) in [7, 11) is 3.21. The van der Waals surface area contributed by atoms with Gasteiger partial charge in [-0.3, -0.25) is 9.48 Å². The van der Waals surface area contributed by atoms with Crippen molar-refractivity contribution >= 4 is 38.4 Å². The van der Waals surface area contributed by atoms with Gasteiger partial charge in [-0.15, -0.1) is 0 Å². The van der Waals surface area contributed by atoms with Gasteiger partial charge in [-0.1, -0.05) is 28.1 Å². The predicted molar refractivity (Wildman–Crippen MR) is 115 cm³/mol. The Morgan fingerprint density at radius 3 is 2.86 bits per heavy atom. The Morgan fingerprint density at radius 2 is 2.07 bits per heavy atom. The van der Waals surface area contributed by atoms with Gasteiger partial charge in [0.25, 0.3) is 5.91 Å². The molecule has 0 aliphatic rings. The number of anilines is 1. The number of amides is 1. The van der Waals surface area contributed by atoms with Crippen LogP contribution in [0.4, 0.5) is 5.69 Å². The quantitative estimate of drug-likeness (QED) is 0.451. The highest BCUT2D eigenvalue weighted by molar-refractivity contribution is 9.10. The first-order valence-electron chi connectivity index (χ1n) is 8.89. The summed E-state index contributed by atoms with van der Waals surface area (Å²) in [6, 6.07) is 13.3. The molecule has 4 aromatic rings. The third kappa shape index (κ3) is 3.97. The summed E-state index contributed by atoms with van der Waals surface area (Å²) >= 11 is 3.44. The van der Waals surface area contributed by atoms with E-state index in [9.17, 15) is 4.79 Å². The number of aromatic nitrogens is 3. The number of hydrogen-bond acceptors (Lipinski definition) is 4. The molecule has 0 spiro atoms. The SMILES string of the molecule is COc1cccc(Cn2cc(NC(=O)c3cc4cc(Br)ccc4[nH]3)cn2)c1OC. The van der Waals surface area contributed by atoms with E-state index in [1.54, 1.807) is 31.3 Å². The molecule has 4 rings (SSSR count). The number of ether oxygens (including phenoxy) is 2. The highest BCUT2D eigenvalue weighted by atomic mass is 79.9. The molecule has 2 heterocycles. The number of nitrogens with one attached hydrogen (secondary N) is 2. The Kier molecular flexibility index (Phi) is 5.26. The van der Waals surface area contributed by atoms with Crippen molar-refractivity contribution < 1.29 is 14.3 Å². The number of carbonyl (C=O) groups is 1. The van der Waals surface area contributed by atoms with Crippen molar-refractivity contribution in [2.24, 2.45) is 0 Å². The van der Waals surface area contributed by atoms with Crippen molar-refractivity contribution in [2.45, 2.75) is 6.54 Å². The largest absolute Gasteiger partial charge is 0.493 e. The molecule has 0 aliphatic heterocycles. The van der Waals surface area contributed by atoms with Gasteiger partial charge in [0, 0.05) is 27.1 Å². The van der Waals surface area contributed by atoms with Crippen LogP contribution in [0.2, 0.25) is 0 Å². The van der Waals surface area contributed by atoms with E-state index in [1.165, 1.54) is 0 Å². The van der Waals surface area contributed by atoms with Crippen molar-refractivity contribution in [2.75, 3.05) is 19.5 Å². The van der Waals surface area contributed by atoms with Gasteiger partial charge in [-0.25, -0.2) is 0 Å². The molecular formula is C21H19BrN4O3. The monoisotopic (exact) mass is 454 g/mol. The normalized spacial score (nSPS) is 10.9. The highest BCUT2D eigenvalue weighted by Crippen LogP contribution is 2.31. The molecule has 2 N–H and O–H groups in total. The van der Waals surface area contributed by atoms with Gasteiger partial charge >= 0.3 is 0 Å². The topological polar surface area (TPSA) is 81.2 Å². The molecule has 1 amide bonds. The standard InChI is InChI=1S/C21H19BrN4O3/c1-28-19-5-3-4-13(20(19)29-2)11-26-12-16(10-23-26)24-21(27)18-9-14-8-15(22)6-7-17(14)25-18/h3-10,12,25H,11H2,1-2H3,(H,24,27). The number of nitrogens with zero attached hydrogens (tertiary/aromatic N) is 2. The average Bonchev–Trinajstić information content (AvgIpc) is 3.34. The second-order valence-corrected chi connectivity index (χ2v) is 7.36. The molecule has 2 aromatic heterocycles. The second-order valence-electron chi connectivity index (χ2n) is 6.45. The van der Waals surface area contributed by atoms with Crippen molar-refractivity contribution in [3.05, 3.63) is 70.6 Å². The van der Waals surface area contributed by atoms with Crippen molar-refractivity contribution in [1.29, 1.82) is 0 Å². The Morgan fingerprint density at radius 1 is 1.21 bits per heavy atom. The zero-order chi connectivity index (χ0) is 20.4. The van der Waals surface area contributed by atoms with Crippen LogP contribution in [0.3, 0.4) is 0 Å². The number of benzene rings is 2. The Labute approximate surface area is 175 Å². The third-order valence-electron chi connectivity index (χ3n) is 4.54. The maximum Gasteiger partial charge on any atom is 0.272 e. The van der Waals surface area contributed by atoms with Crippen LogP contribution >= 0.6 is 15.9 Å². The van der Waals surface area contributed by atoms with Gasteiger partial charge in [0.1, 0.15) is 5.69 Å². The maximum absolute atomic E-state index is 12.6. The number of H-pyrrole nitrogens is 1. The molecule has 7 nitrogen and oxygen atoms in total. The van der Waals surface area contributed by atoms with E-state index >= 15 is 0 Å². The van der Waals surface area contributed by atoms with Gasteiger partial charge in [0.05, 0.1) is 32.6 Å². The molecule has 0 saturated heterocycles. The molecule has 0 unspecified atom stereocenters. The number of rotatable bonds is 6. The lowest BCUT2D eigenvalue weighted by molar-refractivity contribution is 0.102. The summed E-state index contributed by atoms with van der Waals surface area (Å²) in [6.45, 7) is 0.483. The van der Waals surface area contributed by atoms with Gasteiger partial charge in [-0.05, 0) is 30.3 Å². The first-order chi connectivity index (χ1) is 14.1. The van der Waals surface area contributed by atoms with E-state index in [2.05, 4.69) is 31.3 Å². The van der Waals surface area contributed by atoms with E-state index in [0.717, 1.165) is 20.9 Å². The number of fused-ring (bicyclic) bond motifs is 1. The zero-order valence-electron chi connectivity index (χ0n) is 15.9. The summed E-state index contributed by atoms with van der Waals surface area (Å²) in [5.74, 6) is 1.10. The van der Waals surface area contributed by atoms with E-state index < -0.39 is 0 Å². The number of aromatic amines is 1. The van der Waals surface area contributed by atoms with Crippen LogP contribution in [-0.2, 0) is 6.54 Å². The van der Waals surface area contributed by atoms with E-state index in [4.69, 9.17) is 9.47 Å². The van der Waals surface area contributed by atoms with Crippen LogP contribution in [0, 0.1) is 0 Å².